The number of carbonyl (C=O) groups excluding carboxylic acids is 1. The van der Waals surface area contributed by atoms with Gasteiger partial charge in [0.15, 0.2) is 5.65 Å². The van der Waals surface area contributed by atoms with Crippen molar-refractivity contribution in [3.05, 3.63) is 58.0 Å². The van der Waals surface area contributed by atoms with E-state index in [0.29, 0.717) is 40.3 Å². The summed E-state index contributed by atoms with van der Waals surface area (Å²) in [7, 11) is 0. The highest BCUT2D eigenvalue weighted by Gasteiger charge is 2.33. The molecule has 11 heteroatoms. The van der Waals surface area contributed by atoms with Crippen LogP contribution >= 0.6 is 23.2 Å². The molecule has 0 saturated carbocycles. The lowest BCUT2D eigenvalue weighted by atomic mass is 9.96. The van der Waals surface area contributed by atoms with E-state index < -0.39 is 17.8 Å². The van der Waals surface area contributed by atoms with Crippen molar-refractivity contribution in [3.8, 4) is 0 Å². The number of likely N-dealkylation sites (tertiary alicyclic amines) is 1. The summed E-state index contributed by atoms with van der Waals surface area (Å²) in [6, 6.07) is 6.65. The molecular formula is C21H20Cl2F3N5O. The number of alkyl halides is 3. The minimum atomic E-state index is -4.45. The summed E-state index contributed by atoms with van der Waals surface area (Å²) in [5, 5.41) is 11.8. The van der Waals surface area contributed by atoms with Crippen molar-refractivity contribution in [2.45, 2.75) is 37.9 Å². The molecule has 0 unspecified atom stereocenters. The van der Waals surface area contributed by atoms with Crippen LogP contribution in [0.3, 0.4) is 0 Å². The molecule has 6 nitrogen and oxygen atoms in total. The summed E-state index contributed by atoms with van der Waals surface area (Å²) in [6.45, 7) is 2.94. The number of aromatic nitrogens is 3. The number of pyridine rings is 1. The zero-order valence-corrected chi connectivity index (χ0v) is 18.5. The van der Waals surface area contributed by atoms with Gasteiger partial charge in [-0.3, -0.25) is 14.1 Å². The molecule has 0 aliphatic carbocycles. The van der Waals surface area contributed by atoms with E-state index >= 15 is 0 Å². The number of anilines is 1. The molecule has 1 amide bonds. The molecule has 4 rings (SSSR count). The van der Waals surface area contributed by atoms with Gasteiger partial charge in [0.05, 0.1) is 22.3 Å². The molecule has 32 heavy (non-hydrogen) atoms. The summed E-state index contributed by atoms with van der Waals surface area (Å²) < 4.78 is 40.9. The second-order valence-corrected chi connectivity index (χ2v) is 8.67. The summed E-state index contributed by atoms with van der Waals surface area (Å²) in [5.74, 6) is 0.0705. The number of nitrogens with one attached hydrogen (secondary N) is 1. The third-order valence-electron chi connectivity index (χ3n) is 5.69. The number of rotatable bonds is 4. The van der Waals surface area contributed by atoms with Gasteiger partial charge in [0, 0.05) is 23.7 Å². The van der Waals surface area contributed by atoms with Crippen LogP contribution in [0.1, 0.15) is 37.1 Å². The van der Waals surface area contributed by atoms with E-state index in [1.54, 1.807) is 25.1 Å². The van der Waals surface area contributed by atoms with Crippen LogP contribution in [-0.4, -0.2) is 44.5 Å². The van der Waals surface area contributed by atoms with E-state index in [0.717, 1.165) is 25.1 Å². The molecule has 3 heterocycles. The number of carbonyl (C=O) groups is 1. The van der Waals surface area contributed by atoms with E-state index in [1.807, 2.05) is 4.90 Å². The third-order valence-corrected chi connectivity index (χ3v) is 6.24. The predicted molar refractivity (Wildman–Crippen MR) is 116 cm³/mol. The molecule has 0 radical (unpaired) electrons. The lowest BCUT2D eigenvalue weighted by Crippen LogP contribution is -2.46. The van der Waals surface area contributed by atoms with Gasteiger partial charge in [-0.25, -0.2) is 0 Å². The Morgan fingerprint density at radius 2 is 2.00 bits per heavy atom. The van der Waals surface area contributed by atoms with E-state index in [9.17, 15) is 18.0 Å². The maximum absolute atomic E-state index is 13.2. The van der Waals surface area contributed by atoms with Crippen LogP contribution in [0.2, 0.25) is 10.0 Å². The van der Waals surface area contributed by atoms with Crippen molar-refractivity contribution in [1.82, 2.24) is 19.5 Å². The van der Waals surface area contributed by atoms with Crippen molar-refractivity contribution in [2.75, 3.05) is 18.4 Å². The largest absolute Gasteiger partial charge is 0.417 e. The van der Waals surface area contributed by atoms with Crippen LogP contribution in [0.4, 0.5) is 18.9 Å². The molecule has 170 valence electrons. The van der Waals surface area contributed by atoms with Crippen LogP contribution in [0, 0.1) is 0 Å². The fraction of sp³-hybridized carbons (Fsp3) is 0.381. The van der Waals surface area contributed by atoms with Gasteiger partial charge in [-0.2, -0.15) is 13.2 Å². The minimum Gasteiger partial charge on any atom is -0.323 e. The average molecular weight is 486 g/mol. The molecular weight excluding hydrogens is 466 g/mol. The zero-order valence-electron chi connectivity index (χ0n) is 17.0. The van der Waals surface area contributed by atoms with Gasteiger partial charge in [-0.1, -0.05) is 23.2 Å². The zero-order chi connectivity index (χ0) is 23.0. The van der Waals surface area contributed by atoms with E-state index in [1.165, 1.54) is 10.5 Å². The first-order valence-electron chi connectivity index (χ1n) is 10.1. The fourth-order valence-electron chi connectivity index (χ4n) is 3.92. The second-order valence-electron chi connectivity index (χ2n) is 7.83. The Balaban J connectivity index is 1.51. The standard InChI is InChI=1S/C21H20Cl2F3N5O/c1-12(20(32)27-17-6-5-15(22)9-16(17)23)30-8-2-3-13(10-30)19-29-28-18-7-4-14(11-31(18)19)21(24,25)26/h4-7,9,11-13H,2-3,8,10H2,1H3,(H,27,32)/t12-,13-/m0/s1. The fourth-order valence-corrected chi connectivity index (χ4v) is 4.37. The summed E-state index contributed by atoms with van der Waals surface area (Å²) in [6.07, 6.45) is -1.91. The summed E-state index contributed by atoms with van der Waals surface area (Å²) in [4.78, 5) is 14.8. The third kappa shape index (κ3) is 4.69. The molecule has 3 aromatic rings. The summed E-state index contributed by atoms with van der Waals surface area (Å²) in [5.41, 5.74) is 0.0595. The number of nitrogens with zero attached hydrogens (tertiary/aromatic N) is 4. The Bertz CT molecular complexity index is 1150. The minimum absolute atomic E-state index is 0.156. The van der Waals surface area contributed by atoms with Crippen molar-refractivity contribution < 1.29 is 18.0 Å². The number of fused-ring (bicyclic) bond motifs is 1. The Kier molecular flexibility index (Phi) is 6.33. The number of hydrogen-bond donors (Lipinski definition) is 1. The molecule has 2 aromatic heterocycles. The van der Waals surface area contributed by atoms with E-state index in [4.69, 9.17) is 23.2 Å². The topological polar surface area (TPSA) is 62.5 Å². The van der Waals surface area contributed by atoms with Gasteiger partial charge in [0.25, 0.3) is 0 Å². The van der Waals surface area contributed by atoms with E-state index in [-0.39, 0.29) is 11.8 Å². The van der Waals surface area contributed by atoms with Crippen LogP contribution in [-0.2, 0) is 11.0 Å². The first kappa shape index (κ1) is 22.8. The monoisotopic (exact) mass is 485 g/mol. The van der Waals surface area contributed by atoms with Gasteiger partial charge in [0.2, 0.25) is 5.91 Å². The van der Waals surface area contributed by atoms with Crippen molar-refractivity contribution in [3.63, 3.8) is 0 Å². The smallest absolute Gasteiger partial charge is 0.323 e. The number of amides is 1. The van der Waals surface area contributed by atoms with Gasteiger partial charge in [-0.05, 0) is 56.6 Å². The first-order chi connectivity index (χ1) is 15.1. The first-order valence-corrected chi connectivity index (χ1v) is 10.8. The van der Waals surface area contributed by atoms with Crippen molar-refractivity contribution >= 4 is 40.4 Å². The van der Waals surface area contributed by atoms with Gasteiger partial charge in [0.1, 0.15) is 5.82 Å². The molecule has 1 aliphatic rings. The second kappa shape index (κ2) is 8.88. The molecule has 1 aliphatic heterocycles. The normalized spacial score (nSPS) is 18.6. The van der Waals surface area contributed by atoms with Gasteiger partial charge in [-0.15, -0.1) is 10.2 Å². The van der Waals surface area contributed by atoms with E-state index in [2.05, 4.69) is 15.5 Å². The Morgan fingerprint density at radius 1 is 1.22 bits per heavy atom. The number of benzene rings is 1. The Morgan fingerprint density at radius 3 is 2.72 bits per heavy atom. The van der Waals surface area contributed by atoms with Crippen LogP contribution in [0.15, 0.2) is 36.5 Å². The predicted octanol–water partition coefficient (Wildman–Crippen LogP) is 5.26. The lowest BCUT2D eigenvalue weighted by Gasteiger charge is -2.35. The highest BCUT2D eigenvalue weighted by molar-refractivity contribution is 6.36. The molecule has 0 spiro atoms. The molecule has 0 bridgehead atoms. The maximum Gasteiger partial charge on any atom is 0.417 e. The molecule has 1 fully saturated rings. The number of halogens is 5. The molecule has 1 aromatic carbocycles. The van der Waals surface area contributed by atoms with Crippen LogP contribution in [0.5, 0.6) is 0 Å². The highest BCUT2D eigenvalue weighted by Crippen LogP contribution is 2.32. The Hall–Kier alpha value is -2.36. The van der Waals surface area contributed by atoms with Crippen molar-refractivity contribution in [1.29, 1.82) is 0 Å². The van der Waals surface area contributed by atoms with Gasteiger partial charge < -0.3 is 5.32 Å². The van der Waals surface area contributed by atoms with Crippen LogP contribution < -0.4 is 5.32 Å². The molecule has 1 N–H and O–H groups in total. The van der Waals surface area contributed by atoms with Crippen LogP contribution in [0.25, 0.3) is 5.65 Å². The quantitative estimate of drug-likeness (QED) is 0.547. The number of hydrogen-bond acceptors (Lipinski definition) is 4. The molecule has 1 saturated heterocycles. The maximum atomic E-state index is 13.2. The summed E-state index contributed by atoms with van der Waals surface area (Å²) >= 11 is 12.0. The highest BCUT2D eigenvalue weighted by atomic mass is 35.5. The SMILES string of the molecule is C[C@@H](C(=O)Nc1ccc(Cl)cc1Cl)N1CCC[C@H](c2nnc3ccc(C(F)(F)F)cn23)C1. The Labute approximate surface area is 192 Å². The average Bonchev–Trinajstić information content (AvgIpc) is 3.18. The van der Waals surface area contributed by atoms with Gasteiger partial charge >= 0.3 is 6.18 Å². The van der Waals surface area contributed by atoms with Crippen molar-refractivity contribution in [2.24, 2.45) is 0 Å². The molecule has 2 atom stereocenters. The lowest BCUT2D eigenvalue weighted by molar-refractivity contribution is -0.137. The number of piperidine rings is 1.